The summed E-state index contributed by atoms with van der Waals surface area (Å²) in [4.78, 5) is 11.0. The number of ether oxygens (including phenoxy) is 1. The molecule has 0 aliphatic rings. The third-order valence-electron chi connectivity index (χ3n) is 3.00. The zero-order valence-corrected chi connectivity index (χ0v) is 18.0. The van der Waals surface area contributed by atoms with Gasteiger partial charge >= 0.3 is 5.97 Å². The molecule has 2 aromatic rings. The quantitative estimate of drug-likeness (QED) is 0.332. The highest BCUT2D eigenvalue weighted by Crippen LogP contribution is 2.37. The van der Waals surface area contributed by atoms with Crippen molar-refractivity contribution in [1.29, 1.82) is 0 Å². The summed E-state index contributed by atoms with van der Waals surface area (Å²) in [7, 11) is 0. The predicted molar refractivity (Wildman–Crippen MR) is 112 cm³/mol. The number of carboxylic acid groups (broad SMARTS) is 1. The number of hydrogen-bond acceptors (Lipinski definition) is 4. The molecule has 0 radical (unpaired) electrons. The van der Waals surface area contributed by atoms with Crippen molar-refractivity contribution in [3.63, 3.8) is 0 Å². The molecular weight excluding hydrogens is 639 g/mol. The third kappa shape index (κ3) is 4.82. The van der Waals surface area contributed by atoms with Crippen molar-refractivity contribution in [3.05, 3.63) is 49.1 Å². The van der Waals surface area contributed by atoms with Gasteiger partial charge in [-0.15, -0.1) is 0 Å². The molecule has 2 atom stereocenters. The second-order valence-electron chi connectivity index (χ2n) is 4.68. The summed E-state index contributed by atoms with van der Waals surface area (Å²) in [5.74, 6) is 0.444. The highest BCUT2D eigenvalue weighted by Gasteiger charge is 2.24. The summed E-state index contributed by atoms with van der Waals surface area (Å²) >= 11 is 6.34. The van der Waals surface area contributed by atoms with E-state index in [4.69, 9.17) is 15.6 Å². The van der Waals surface area contributed by atoms with E-state index in [1.165, 1.54) is 0 Å². The summed E-state index contributed by atoms with van der Waals surface area (Å²) < 4.78 is 7.24. The Morgan fingerprint density at radius 2 is 1.65 bits per heavy atom. The molecule has 0 aromatic heterocycles. The summed E-state index contributed by atoms with van der Waals surface area (Å²) in [6.45, 7) is 0. The van der Waals surface area contributed by atoms with Crippen molar-refractivity contribution in [1.82, 2.24) is 0 Å². The van der Waals surface area contributed by atoms with Gasteiger partial charge in [-0.1, -0.05) is 22.6 Å². The minimum Gasteiger partial charge on any atom is -0.508 e. The van der Waals surface area contributed by atoms with Gasteiger partial charge in [-0.2, -0.15) is 0 Å². The summed E-state index contributed by atoms with van der Waals surface area (Å²) in [5.41, 5.74) is 6.54. The van der Waals surface area contributed by atoms with Crippen LogP contribution in [0.2, 0.25) is 0 Å². The summed E-state index contributed by atoms with van der Waals surface area (Å²) in [6.07, 6.45) is 0. The summed E-state index contributed by atoms with van der Waals surface area (Å²) in [6, 6.07) is 9.24. The van der Waals surface area contributed by atoms with Crippen molar-refractivity contribution < 1.29 is 19.7 Å². The van der Waals surface area contributed by atoms with Crippen LogP contribution >= 0.6 is 67.8 Å². The van der Waals surface area contributed by atoms with Gasteiger partial charge in [0.1, 0.15) is 17.5 Å². The number of rotatable bonds is 5. The van der Waals surface area contributed by atoms with Crippen LogP contribution in [0.15, 0.2) is 36.4 Å². The van der Waals surface area contributed by atoms with Crippen LogP contribution in [0.4, 0.5) is 0 Å². The first-order chi connectivity index (χ1) is 10.8. The Kier molecular flexibility index (Phi) is 6.74. The van der Waals surface area contributed by atoms with Crippen LogP contribution in [0.25, 0.3) is 0 Å². The van der Waals surface area contributed by atoms with Gasteiger partial charge in [-0.05, 0) is 87.1 Å². The molecule has 2 aromatic carbocycles. The lowest BCUT2D eigenvalue weighted by Gasteiger charge is -2.17. The number of alkyl halides is 1. The van der Waals surface area contributed by atoms with E-state index in [-0.39, 0.29) is 9.67 Å². The molecule has 23 heavy (non-hydrogen) atoms. The predicted octanol–water partition coefficient (Wildman–Crippen LogP) is 4.28. The lowest BCUT2D eigenvalue weighted by Crippen LogP contribution is -2.34. The van der Waals surface area contributed by atoms with E-state index in [1.54, 1.807) is 24.3 Å². The Bertz CT molecular complexity index is 698. The first kappa shape index (κ1) is 19.0. The number of phenolic OH excluding ortho intramolecular Hbond substituents is 1. The molecule has 0 aliphatic carbocycles. The van der Waals surface area contributed by atoms with Gasteiger partial charge < -0.3 is 20.7 Å². The lowest BCUT2D eigenvalue weighted by molar-refractivity contribution is -0.138. The number of phenols is 1. The molecule has 0 fully saturated rings. The van der Waals surface area contributed by atoms with Crippen molar-refractivity contribution in [2.45, 2.75) is 9.97 Å². The number of aliphatic carboxylic acids is 1. The van der Waals surface area contributed by atoms with Crippen LogP contribution in [-0.4, -0.2) is 22.2 Å². The second kappa shape index (κ2) is 8.16. The molecule has 0 saturated carbocycles. The number of carboxylic acids is 1. The fourth-order valence-corrected chi connectivity index (χ4v) is 4.50. The Labute approximate surface area is 174 Å². The van der Waals surface area contributed by atoms with Crippen LogP contribution in [0.1, 0.15) is 9.49 Å². The molecule has 0 spiro atoms. The van der Waals surface area contributed by atoms with Crippen LogP contribution < -0.4 is 10.5 Å². The maximum atomic E-state index is 11.0. The second-order valence-corrected chi connectivity index (χ2v) is 8.34. The summed E-state index contributed by atoms with van der Waals surface area (Å²) in [5, 5.41) is 18.4. The number of halogens is 3. The molecular formula is C15H12I3NO4. The number of benzene rings is 2. The number of hydrogen-bond donors (Lipinski definition) is 3. The number of nitrogens with two attached hydrogens (primary N) is 1. The van der Waals surface area contributed by atoms with Crippen molar-refractivity contribution in [2.24, 2.45) is 5.73 Å². The smallest absolute Gasteiger partial charge is 0.321 e. The molecule has 0 saturated heterocycles. The number of carbonyl (C=O) groups is 1. The zero-order chi connectivity index (χ0) is 17.1. The number of aromatic hydroxyl groups is 1. The normalized spacial score (nSPS) is 13.4. The van der Waals surface area contributed by atoms with Crippen LogP contribution in [0, 0.1) is 7.14 Å². The van der Waals surface area contributed by atoms with Gasteiger partial charge in [0, 0.05) is 0 Å². The molecule has 0 aliphatic heterocycles. The molecule has 5 nitrogen and oxygen atoms in total. The first-order valence-electron chi connectivity index (χ1n) is 6.38. The Morgan fingerprint density at radius 3 is 2.13 bits per heavy atom. The molecule has 2 rings (SSSR count). The van der Waals surface area contributed by atoms with E-state index in [9.17, 15) is 9.90 Å². The maximum absolute atomic E-state index is 11.0. The molecule has 4 N–H and O–H groups in total. The van der Waals surface area contributed by atoms with Gasteiger partial charge in [0.2, 0.25) is 0 Å². The zero-order valence-electron chi connectivity index (χ0n) is 11.5. The fourth-order valence-electron chi connectivity index (χ4n) is 1.80. The Hall–Kier alpha value is -0.340. The molecule has 0 heterocycles. The van der Waals surface area contributed by atoms with E-state index in [1.807, 2.05) is 34.7 Å². The van der Waals surface area contributed by atoms with Gasteiger partial charge in [0.05, 0.1) is 11.1 Å². The third-order valence-corrected chi connectivity index (χ3v) is 6.09. The van der Waals surface area contributed by atoms with E-state index in [2.05, 4.69) is 45.2 Å². The van der Waals surface area contributed by atoms with E-state index in [0.29, 0.717) is 11.5 Å². The molecule has 122 valence electrons. The topological polar surface area (TPSA) is 92.8 Å². The standard InChI is InChI=1S/C15H12I3NO4/c16-10-5-7(12(18)13(19)15(21)22)6-11(17)14(10)23-9-3-1-8(20)2-4-9/h1-6,12-13,20H,19H2,(H,21,22)/t12-,13+/m0/s1. The average molecular weight is 651 g/mol. The first-order valence-corrected chi connectivity index (χ1v) is 9.78. The highest BCUT2D eigenvalue weighted by atomic mass is 127. The Balaban J connectivity index is 2.30. The van der Waals surface area contributed by atoms with Gasteiger partial charge in [0.15, 0.2) is 5.75 Å². The maximum Gasteiger partial charge on any atom is 0.321 e. The van der Waals surface area contributed by atoms with Crippen molar-refractivity contribution in [3.8, 4) is 17.2 Å². The van der Waals surface area contributed by atoms with E-state index in [0.717, 1.165) is 12.7 Å². The largest absolute Gasteiger partial charge is 0.508 e. The van der Waals surface area contributed by atoms with Gasteiger partial charge in [-0.3, -0.25) is 4.79 Å². The molecule has 0 bridgehead atoms. The highest BCUT2D eigenvalue weighted by molar-refractivity contribution is 14.1. The van der Waals surface area contributed by atoms with Crippen molar-refractivity contribution >= 4 is 73.7 Å². The Morgan fingerprint density at radius 1 is 1.13 bits per heavy atom. The van der Waals surface area contributed by atoms with Crippen LogP contribution in [-0.2, 0) is 4.79 Å². The van der Waals surface area contributed by atoms with Crippen LogP contribution in [0.5, 0.6) is 17.2 Å². The lowest BCUT2D eigenvalue weighted by atomic mass is 10.1. The molecule has 0 amide bonds. The van der Waals surface area contributed by atoms with E-state index < -0.39 is 12.0 Å². The fraction of sp³-hybridized carbons (Fsp3) is 0.133. The monoisotopic (exact) mass is 651 g/mol. The minimum atomic E-state index is -1.03. The van der Waals surface area contributed by atoms with Gasteiger partial charge in [-0.25, -0.2) is 0 Å². The minimum absolute atomic E-state index is 0.174. The molecule has 8 heteroatoms. The van der Waals surface area contributed by atoms with Crippen molar-refractivity contribution in [2.75, 3.05) is 0 Å². The SMILES string of the molecule is N[C@@H](C(=O)O)[C@@H](I)c1cc(I)c(Oc2ccc(O)cc2)c(I)c1. The van der Waals surface area contributed by atoms with Crippen LogP contribution in [0.3, 0.4) is 0 Å². The van der Waals surface area contributed by atoms with E-state index >= 15 is 0 Å². The average Bonchev–Trinajstić information content (AvgIpc) is 2.50. The molecule has 0 unspecified atom stereocenters. The van der Waals surface area contributed by atoms with Gasteiger partial charge in [0.25, 0.3) is 0 Å².